The molecule has 0 spiro atoms. The number of nitrogens with zero attached hydrogens (tertiary/aromatic N) is 2. The van der Waals surface area contributed by atoms with Crippen LogP contribution in [0.25, 0.3) is 0 Å². The summed E-state index contributed by atoms with van der Waals surface area (Å²) in [6, 6.07) is 2.10. The van der Waals surface area contributed by atoms with E-state index in [-0.39, 0.29) is 0 Å². The van der Waals surface area contributed by atoms with Gasteiger partial charge >= 0.3 is 0 Å². The van der Waals surface area contributed by atoms with Gasteiger partial charge in [0.25, 0.3) is 0 Å². The first-order valence-corrected chi connectivity index (χ1v) is 7.08. The number of hydrogen-bond acceptors (Lipinski definition) is 3. The van der Waals surface area contributed by atoms with Crippen molar-refractivity contribution < 1.29 is 0 Å². The first kappa shape index (κ1) is 14.6. The maximum absolute atomic E-state index is 4.15. The van der Waals surface area contributed by atoms with Crippen molar-refractivity contribution in [1.29, 1.82) is 0 Å². The third-order valence-electron chi connectivity index (χ3n) is 2.68. The van der Waals surface area contributed by atoms with E-state index in [1.807, 2.05) is 12.4 Å². The summed E-state index contributed by atoms with van der Waals surface area (Å²) in [5.41, 5.74) is 1.22. The van der Waals surface area contributed by atoms with Gasteiger partial charge in [0, 0.05) is 36.5 Å². The van der Waals surface area contributed by atoms with Gasteiger partial charge in [-0.1, -0.05) is 13.8 Å². The summed E-state index contributed by atoms with van der Waals surface area (Å²) in [5.74, 6) is 0. The number of hydrogen-bond donors (Lipinski definition) is 1. The maximum atomic E-state index is 4.15. The molecule has 0 unspecified atom stereocenters. The molecule has 17 heavy (non-hydrogen) atoms. The second-order valence-corrected chi connectivity index (χ2v) is 5.04. The largest absolute Gasteiger partial charge is 0.311 e. The van der Waals surface area contributed by atoms with E-state index in [2.05, 4.69) is 51.0 Å². The molecule has 0 saturated carbocycles. The van der Waals surface area contributed by atoms with Crippen molar-refractivity contribution in [2.45, 2.75) is 26.8 Å². The molecule has 1 N–H and O–H groups in total. The van der Waals surface area contributed by atoms with Gasteiger partial charge < -0.3 is 10.2 Å². The molecule has 96 valence electrons. The molecule has 4 heteroatoms. The molecule has 0 aliphatic rings. The molecule has 0 saturated heterocycles. The molecule has 3 nitrogen and oxygen atoms in total. The first-order valence-electron chi connectivity index (χ1n) is 6.28. The molecule has 1 heterocycles. The van der Waals surface area contributed by atoms with E-state index in [4.69, 9.17) is 0 Å². The Balaban J connectivity index is 2.19. The van der Waals surface area contributed by atoms with Crippen molar-refractivity contribution in [1.82, 2.24) is 15.2 Å². The van der Waals surface area contributed by atoms with Gasteiger partial charge in [-0.05, 0) is 47.1 Å². The molecule has 1 rings (SSSR count). The van der Waals surface area contributed by atoms with Gasteiger partial charge in [-0.15, -0.1) is 0 Å². The molecule has 1 aromatic rings. The van der Waals surface area contributed by atoms with Crippen LogP contribution in [0.2, 0.25) is 0 Å². The zero-order chi connectivity index (χ0) is 12.5. The quantitative estimate of drug-likeness (QED) is 0.748. The Hall–Kier alpha value is -0.450. The van der Waals surface area contributed by atoms with Crippen molar-refractivity contribution in [2.24, 2.45) is 0 Å². The van der Waals surface area contributed by atoms with Gasteiger partial charge in [-0.2, -0.15) is 0 Å². The average Bonchev–Trinajstić information content (AvgIpc) is 2.33. The van der Waals surface area contributed by atoms with E-state index in [9.17, 15) is 0 Å². The highest BCUT2D eigenvalue weighted by molar-refractivity contribution is 9.10. The van der Waals surface area contributed by atoms with Crippen LogP contribution in [0, 0.1) is 0 Å². The van der Waals surface area contributed by atoms with E-state index in [1.165, 1.54) is 18.5 Å². The summed E-state index contributed by atoms with van der Waals surface area (Å²) in [6.45, 7) is 9.80. The van der Waals surface area contributed by atoms with Gasteiger partial charge in [-0.25, -0.2) is 0 Å². The van der Waals surface area contributed by atoms with Crippen LogP contribution >= 0.6 is 15.9 Å². The molecule has 0 fully saturated rings. The molecule has 0 bridgehead atoms. The first-order chi connectivity index (χ1) is 8.26. The fraction of sp³-hybridized carbons (Fsp3) is 0.615. The monoisotopic (exact) mass is 299 g/mol. The van der Waals surface area contributed by atoms with E-state index in [0.717, 1.165) is 30.7 Å². The summed E-state index contributed by atoms with van der Waals surface area (Å²) in [4.78, 5) is 6.61. The Morgan fingerprint density at radius 2 is 2.12 bits per heavy atom. The van der Waals surface area contributed by atoms with Crippen LogP contribution in [0.3, 0.4) is 0 Å². The third-order valence-corrected chi connectivity index (χ3v) is 3.12. The van der Waals surface area contributed by atoms with Crippen molar-refractivity contribution in [3.05, 3.63) is 28.5 Å². The lowest BCUT2D eigenvalue weighted by molar-refractivity contribution is 0.287. The molecule has 1 aromatic heterocycles. The minimum absolute atomic E-state index is 0.885. The fourth-order valence-corrected chi connectivity index (χ4v) is 2.18. The van der Waals surface area contributed by atoms with Crippen LogP contribution in [0.5, 0.6) is 0 Å². The van der Waals surface area contributed by atoms with Crippen LogP contribution in [0.4, 0.5) is 0 Å². The van der Waals surface area contributed by atoms with Gasteiger partial charge in [0.2, 0.25) is 0 Å². The van der Waals surface area contributed by atoms with Crippen LogP contribution < -0.4 is 5.32 Å². The van der Waals surface area contributed by atoms with Crippen LogP contribution in [0.1, 0.15) is 25.8 Å². The second-order valence-electron chi connectivity index (χ2n) is 4.12. The highest BCUT2D eigenvalue weighted by atomic mass is 79.9. The lowest BCUT2D eigenvalue weighted by atomic mass is 10.3. The molecule has 0 aliphatic carbocycles. The standard InChI is InChI=1S/C13H22BrN3/c1-3-6-17(4-2)7-5-15-9-12-8-13(14)11-16-10-12/h8,10-11,15H,3-7,9H2,1-2H3. The SMILES string of the molecule is CCCN(CC)CCNCc1cncc(Br)c1. The topological polar surface area (TPSA) is 28.2 Å². The number of aromatic nitrogens is 1. The lowest BCUT2D eigenvalue weighted by Crippen LogP contribution is -2.32. The second kappa shape index (κ2) is 8.61. The summed E-state index contributed by atoms with van der Waals surface area (Å²) in [6.07, 6.45) is 4.94. The van der Waals surface area contributed by atoms with Crippen molar-refractivity contribution in [3.8, 4) is 0 Å². The highest BCUT2D eigenvalue weighted by Crippen LogP contribution is 2.08. The van der Waals surface area contributed by atoms with Gasteiger partial charge in [0.05, 0.1) is 0 Å². The third kappa shape index (κ3) is 6.15. The van der Waals surface area contributed by atoms with E-state index in [0.29, 0.717) is 0 Å². The average molecular weight is 300 g/mol. The number of nitrogens with one attached hydrogen (secondary N) is 1. The Labute approximate surface area is 113 Å². The summed E-state index contributed by atoms with van der Waals surface area (Å²) >= 11 is 3.43. The van der Waals surface area contributed by atoms with Crippen LogP contribution in [-0.2, 0) is 6.54 Å². The number of likely N-dealkylation sites (N-methyl/N-ethyl adjacent to an activating group) is 1. The smallest absolute Gasteiger partial charge is 0.0410 e. The molecular formula is C13H22BrN3. The Morgan fingerprint density at radius 3 is 2.76 bits per heavy atom. The predicted octanol–water partition coefficient (Wildman–Crippen LogP) is 2.67. The van der Waals surface area contributed by atoms with Crippen molar-refractivity contribution in [2.75, 3.05) is 26.2 Å². The Kier molecular flexibility index (Phi) is 7.40. The number of halogens is 1. The minimum atomic E-state index is 0.885. The summed E-state index contributed by atoms with van der Waals surface area (Å²) in [7, 11) is 0. The molecule has 0 radical (unpaired) electrons. The molecule has 0 amide bonds. The predicted molar refractivity (Wildman–Crippen MR) is 76.0 cm³/mol. The zero-order valence-corrected chi connectivity index (χ0v) is 12.3. The summed E-state index contributed by atoms with van der Waals surface area (Å²) < 4.78 is 1.04. The molecule has 0 aromatic carbocycles. The maximum Gasteiger partial charge on any atom is 0.0410 e. The number of rotatable bonds is 8. The Bertz CT molecular complexity index is 317. The number of pyridine rings is 1. The lowest BCUT2D eigenvalue weighted by Gasteiger charge is -2.19. The Morgan fingerprint density at radius 1 is 1.29 bits per heavy atom. The highest BCUT2D eigenvalue weighted by Gasteiger charge is 2.00. The van der Waals surface area contributed by atoms with Crippen molar-refractivity contribution in [3.63, 3.8) is 0 Å². The molecule has 0 aliphatic heterocycles. The van der Waals surface area contributed by atoms with Gasteiger partial charge in [0.1, 0.15) is 0 Å². The van der Waals surface area contributed by atoms with Crippen LogP contribution in [-0.4, -0.2) is 36.1 Å². The molecule has 0 atom stereocenters. The van der Waals surface area contributed by atoms with Gasteiger partial charge in [0.15, 0.2) is 0 Å². The van der Waals surface area contributed by atoms with Gasteiger partial charge in [-0.3, -0.25) is 4.98 Å². The van der Waals surface area contributed by atoms with E-state index < -0.39 is 0 Å². The van der Waals surface area contributed by atoms with E-state index >= 15 is 0 Å². The minimum Gasteiger partial charge on any atom is -0.311 e. The van der Waals surface area contributed by atoms with Crippen molar-refractivity contribution >= 4 is 15.9 Å². The summed E-state index contributed by atoms with van der Waals surface area (Å²) in [5, 5.41) is 3.45. The molecular weight excluding hydrogens is 278 g/mol. The normalized spacial score (nSPS) is 11.1. The van der Waals surface area contributed by atoms with Crippen LogP contribution in [0.15, 0.2) is 22.9 Å². The van der Waals surface area contributed by atoms with E-state index in [1.54, 1.807) is 0 Å². The zero-order valence-electron chi connectivity index (χ0n) is 10.7. The fourth-order valence-electron chi connectivity index (χ4n) is 1.77.